The van der Waals surface area contributed by atoms with Gasteiger partial charge in [-0.3, -0.25) is 4.99 Å². The molecular formula is C22H31N2O2+. The number of ether oxygens (including phenoxy) is 1. The molecule has 1 fully saturated rings. The van der Waals surface area contributed by atoms with Crippen molar-refractivity contribution in [1.82, 2.24) is 0 Å². The smallest absolute Gasteiger partial charge is 0.109 e. The molecule has 2 aromatic carbocycles. The minimum Gasteiger partial charge on any atom is -0.390 e. The molecule has 0 bridgehead atoms. The summed E-state index contributed by atoms with van der Waals surface area (Å²) < 4.78 is 6.48. The van der Waals surface area contributed by atoms with Crippen molar-refractivity contribution in [1.29, 1.82) is 0 Å². The molecule has 0 aliphatic carbocycles. The van der Waals surface area contributed by atoms with E-state index in [1.54, 1.807) is 0 Å². The Hall–Kier alpha value is -2.01. The van der Waals surface area contributed by atoms with E-state index in [1.165, 1.54) is 0 Å². The Morgan fingerprint density at radius 1 is 1.04 bits per heavy atom. The first-order chi connectivity index (χ1) is 12.3. The van der Waals surface area contributed by atoms with Crippen molar-refractivity contribution in [3.63, 3.8) is 0 Å². The van der Waals surface area contributed by atoms with Crippen LogP contribution in [0.3, 0.4) is 0 Å². The highest BCUT2D eigenvalue weighted by molar-refractivity contribution is 5.81. The second kappa shape index (κ2) is 9.62. The van der Waals surface area contributed by atoms with Gasteiger partial charge in [-0.25, -0.2) is 0 Å². The third-order valence-corrected chi connectivity index (χ3v) is 4.12. The maximum atomic E-state index is 9.43. The van der Waals surface area contributed by atoms with Gasteiger partial charge in [0.05, 0.1) is 39.0 Å². The Morgan fingerprint density at radius 2 is 1.62 bits per heavy atom. The number of aliphatic hydroxyl groups excluding tert-OH is 1. The molecule has 0 radical (unpaired) electrons. The largest absolute Gasteiger partial charge is 0.390 e. The van der Waals surface area contributed by atoms with Gasteiger partial charge >= 0.3 is 0 Å². The van der Waals surface area contributed by atoms with E-state index in [1.807, 2.05) is 73.8 Å². The Kier molecular flexibility index (Phi) is 7.51. The first-order valence-corrected chi connectivity index (χ1v) is 9.11. The lowest BCUT2D eigenvalue weighted by molar-refractivity contribution is -0.873. The average molecular weight is 356 g/mol. The van der Waals surface area contributed by atoms with Crippen LogP contribution in [0.5, 0.6) is 0 Å². The summed E-state index contributed by atoms with van der Waals surface area (Å²) in [7, 11) is 6.41. The lowest BCUT2D eigenvalue weighted by Gasteiger charge is -2.26. The Bertz CT molecular complexity index is 614. The molecule has 26 heavy (non-hydrogen) atoms. The van der Waals surface area contributed by atoms with E-state index >= 15 is 0 Å². The van der Waals surface area contributed by atoms with E-state index in [2.05, 4.69) is 26.1 Å². The van der Waals surface area contributed by atoms with Crippen LogP contribution in [0.15, 0.2) is 65.7 Å². The average Bonchev–Trinajstić information content (AvgIpc) is 2.91. The van der Waals surface area contributed by atoms with Crippen LogP contribution >= 0.6 is 0 Å². The molecule has 4 heteroatoms. The predicted octanol–water partition coefficient (Wildman–Crippen LogP) is 3.67. The molecule has 140 valence electrons. The summed E-state index contributed by atoms with van der Waals surface area (Å²) in [5, 5.41) is 9.43. The molecule has 2 aromatic rings. The van der Waals surface area contributed by atoms with Crippen LogP contribution in [0.4, 0.5) is 5.69 Å². The predicted molar refractivity (Wildman–Crippen MR) is 108 cm³/mol. The second-order valence-electron chi connectivity index (χ2n) is 7.74. The maximum Gasteiger partial charge on any atom is 0.109 e. The fourth-order valence-electron chi connectivity index (χ4n) is 2.84. The van der Waals surface area contributed by atoms with Gasteiger partial charge in [-0.2, -0.15) is 0 Å². The molecule has 3 atom stereocenters. The molecule has 4 nitrogen and oxygen atoms in total. The summed E-state index contributed by atoms with van der Waals surface area (Å²) in [4.78, 5) is 4.35. The molecule has 1 aliphatic rings. The van der Waals surface area contributed by atoms with Gasteiger partial charge in [-0.1, -0.05) is 48.5 Å². The number of rotatable bonds is 4. The van der Waals surface area contributed by atoms with Crippen molar-refractivity contribution in [3.05, 3.63) is 66.2 Å². The van der Waals surface area contributed by atoms with E-state index in [9.17, 15) is 5.11 Å². The van der Waals surface area contributed by atoms with Crippen LogP contribution in [-0.4, -0.2) is 61.8 Å². The van der Waals surface area contributed by atoms with Gasteiger partial charge in [0.15, 0.2) is 0 Å². The third kappa shape index (κ3) is 7.48. The number of quaternary nitrogens is 1. The van der Waals surface area contributed by atoms with Crippen LogP contribution in [0.25, 0.3) is 0 Å². The molecule has 0 aromatic heterocycles. The van der Waals surface area contributed by atoms with Crippen molar-refractivity contribution in [2.45, 2.75) is 31.7 Å². The van der Waals surface area contributed by atoms with Crippen molar-refractivity contribution in [2.24, 2.45) is 4.99 Å². The van der Waals surface area contributed by atoms with Gasteiger partial charge in [0.25, 0.3) is 0 Å². The van der Waals surface area contributed by atoms with Crippen molar-refractivity contribution >= 4 is 11.9 Å². The van der Waals surface area contributed by atoms with E-state index in [-0.39, 0.29) is 18.3 Å². The lowest BCUT2D eigenvalue weighted by atomic mass is 10.1. The summed E-state index contributed by atoms with van der Waals surface area (Å²) in [5.74, 6) is 0. The highest BCUT2D eigenvalue weighted by Crippen LogP contribution is 2.21. The van der Waals surface area contributed by atoms with Crippen molar-refractivity contribution in [3.8, 4) is 0 Å². The number of para-hydroxylation sites is 1. The van der Waals surface area contributed by atoms with Gasteiger partial charge < -0.3 is 14.3 Å². The first-order valence-electron chi connectivity index (χ1n) is 9.11. The summed E-state index contributed by atoms with van der Waals surface area (Å²) >= 11 is 0. The standard InChI is InChI=1S/C13H11N.C9H20NO2/c1-3-7-12(8-4-1)11-14-13-9-5-2-6-10-13;1-7-9(11)5-8(12-7)6-10(2,3)4/h1-11H;7-9,11H,5-6H2,1-4H3/q;+1/b14-11+;/t;7-,8-,9+/m.0/s1. The molecule has 0 unspecified atom stereocenters. The van der Waals surface area contributed by atoms with Gasteiger partial charge in [0.1, 0.15) is 12.6 Å². The topological polar surface area (TPSA) is 41.8 Å². The van der Waals surface area contributed by atoms with Gasteiger partial charge in [-0.05, 0) is 24.6 Å². The Morgan fingerprint density at radius 3 is 2.12 bits per heavy atom. The van der Waals surface area contributed by atoms with Crippen LogP contribution in [0, 0.1) is 0 Å². The highest BCUT2D eigenvalue weighted by atomic mass is 16.5. The summed E-state index contributed by atoms with van der Waals surface area (Å²) in [6.07, 6.45) is 2.64. The fourth-order valence-corrected chi connectivity index (χ4v) is 2.84. The van der Waals surface area contributed by atoms with Crippen LogP contribution in [0.2, 0.25) is 0 Å². The molecule has 0 spiro atoms. The Balaban J connectivity index is 0.000000190. The molecule has 0 amide bonds. The zero-order valence-electron chi connectivity index (χ0n) is 16.2. The maximum absolute atomic E-state index is 9.43. The van der Waals surface area contributed by atoms with Crippen molar-refractivity contribution < 1.29 is 14.3 Å². The lowest BCUT2D eigenvalue weighted by Crippen LogP contribution is -2.41. The molecule has 1 saturated heterocycles. The van der Waals surface area contributed by atoms with Crippen LogP contribution in [-0.2, 0) is 4.74 Å². The highest BCUT2D eigenvalue weighted by Gasteiger charge is 2.33. The van der Waals surface area contributed by atoms with E-state index in [0.717, 1.165) is 28.7 Å². The molecule has 1 N–H and O–H groups in total. The third-order valence-electron chi connectivity index (χ3n) is 4.12. The van der Waals surface area contributed by atoms with Gasteiger partial charge in [0.2, 0.25) is 0 Å². The zero-order valence-corrected chi connectivity index (χ0v) is 16.2. The Labute approximate surface area is 157 Å². The monoisotopic (exact) mass is 355 g/mol. The van der Waals surface area contributed by atoms with Crippen molar-refractivity contribution in [2.75, 3.05) is 27.7 Å². The molecule has 1 aliphatic heterocycles. The van der Waals surface area contributed by atoms with E-state index in [0.29, 0.717) is 0 Å². The summed E-state index contributed by atoms with van der Waals surface area (Å²) in [6, 6.07) is 20.0. The number of hydrogen-bond donors (Lipinski definition) is 1. The minimum absolute atomic E-state index is 0.0153. The second-order valence-corrected chi connectivity index (χ2v) is 7.74. The summed E-state index contributed by atoms with van der Waals surface area (Å²) in [6.45, 7) is 2.90. The number of nitrogens with zero attached hydrogens (tertiary/aromatic N) is 2. The number of aliphatic hydroxyl groups is 1. The fraction of sp³-hybridized carbons (Fsp3) is 0.409. The quantitative estimate of drug-likeness (QED) is 0.672. The van der Waals surface area contributed by atoms with Crippen LogP contribution in [0.1, 0.15) is 18.9 Å². The normalized spacial score (nSPS) is 22.9. The van der Waals surface area contributed by atoms with Crippen LogP contribution < -0.4 is 0 Å². The minimum atomic E-state index is -0.262. The molecule has 3 rings (SSSR count). The number of likely N-dealkylation sites (N-methyl/N-ethyl adjacent to an activating group) is 1. The SMILES string of the molecule is C(=N\c1ccccc1)/c1ccccc1.C[C@@H]1O[C@H](C[N+](C)(C)C)C[C@H]1O. The van der Waals surface area contributed by atoms with E-state index < -0.39 is 0 Å². The summed E-state index contributed by atoms with van der Waals surface area (Å²) in [5.41, 5.74) is 2.10. The van der Waals surface area contributed by atoms with Gasteiger partial charge in [0, 0.05) is 12.6 Å². The van der Waals surface area contributed by atoms with Gasteiger partial charge in [-0.15, -0.1) is 0 Å². The first kappa shape index (κ1) is 20.3. The molecular weight excluding hydrogens is 324 g/mol. The zero-order chi connectivity index (χ0) is 19.0. The number of benzene rings is 2. The number of aliphatic imine (C=N–C) groups is 1. The molecule has 1 heterocycles. The van der Waals surface area contributed by atoms with E-state index in [4.69, 9.17) is 4.74 Å². The number of hydrogen-bond acceptors (Lipinski definition) is 3. The molecule has 0 saturated carbocycles.